The van der Waals surface area contributed by atoms with E-state index in [2.05, 4.69) is 0 Å². The molecule has 0 aliphatic carbocycles. The molecule has 1 N–H and O–H groups in total. The summed E-state index contributed by atoms with van der Waals surface area (Å²) in [6, 6.07) is 11.6. The van der Waals surface area contributed by atoms with Gasteiger partial charge in [0.25, 0.3) is 0 Å². The average Bonchev–Trinajstić information content (AvgIpc) is 2.38. The van der Waals surface area contributed by atoms with Gasteiger partial charge in [0.15, 0.2) is 0 Å². The summed E-state index contributed by atoms with van der Waals surface area (Å²) in [4.78, 5) is 11.5. The summed E-state index contributed by atoms with van der Waals surface area (Å²) in [6.45, 7) is 3.79. The van der Waals surface area contributed by atoms with Crippen molar-refractivity contribution in [2.75, 3.05) is 0 Å². The molecule has 0 aromatic heterocycles. The first kappa shape index (κ1) is 14.0. The van der Waals surface area contributed by atoms with Crippen molar-refractivity contribution in [1.29, 1.82) is 0 Å². The van der Waals surface area contributed by atoms with Crippen molar-refractivity contribution in [2.45, 2.75) is 13.8 Å². The van der Waals surface area contributed by atoms with E-state index in [-0.39, 0.29) is 11.1 Å². The lowest BCUT2D eigenvalue weighted by Crippen LogP contribution is -2.02. The molecule has 2 nitrogen and oxygen atoms in total. The molecule has 0 heterocycles. The van der Waals surface area contributed by atoms with Gasteiger partial charge in [0.05, 0.1) is 5.57 Å². The molecule has 0 amide bonds. The number of benzene rings is 2. The van der Waals surface area contributed by atoms with Crippen molar-refractivity contribution in [2.24, 2.45) is 0 Å². The summed E-state index contributed by atoms with van der Waals surface area (Å²) in [5.41, 5.74) is 2.88. The monoisotopic (exact) mass is 270 g/mol. The van der Waals surface area contributed by atoms with Crippen LogP contribution in [-0.2, 0) is 4.79 Å². The van der Waals surface area contributed by atoms with E-state index in [4.69, 9.17) is 0 Å². The topological polar surface area (TPSA) is 37.3 Å². The molecule has 2 rings (SSSR count). The van der Waals surface area contributed by atoms with Crippen molar-refractivity contribution in [1.82, 2.24) is 0 Å². The quantitative estimate of drug-likeness (QED) is 0.674. The van der Waals surface area contributed by atoms with Gasteiger partial charge in [-0.2, -0.15) is 0 Å². The van der Waals surface area contributed by atoms with Crippen LogP contribution in [0.1, 0.15) is 22.3 Å². The fourth-order valence-corrected chi connectivity index (χ4v) is 2.12. The molecular weight excluding hydrogens is 255 g/mol. The fraction of sp³-hybridized carbons (Fsp3) is 0.118. The minimum atomic E-state index is -1.07. The molecular formula is C17H15FO2. The second-order valence-corrected chi connectivity index (χ2v) is 4.70. The van der Waals surface area contributed by atoms with Gasteiger partial charge < -0.3 is 5.11 Å². The van der Waals surface area contributed by atoms with Crippen LogP contribution in [0.2, 0.25) is 0 Å². The summed E-state index contributed by atoms with van der Waals surface area (Å²) >= 11 is 0. The van der Waals surface area contributed by atoms with Crippen LogP contribution in [-0.4, -0.2) is 11.1 Å². The van der Waals surface area contributed by atoms with Crippen LogP contribution in [0.15, 0.2) is 42.5 Å². The SMILES string of the molecule is Cc1ccc(/C(=C/c2ccccc2F)C(=O)O)c(C)c1. The zero-order valence-electron chi connectivity index (χ0n) is 11.4. The minimum absolute atomic E-state index is 0.0904. The Labute approximate surface area is 117 Å². The zero-order chi connectivity index (χ0) is 14.7. The Bertz CT molecular complexity index is 687. The van der Waals surface area contributed by atoms with Gasteiger partial charge >= 0.3 is 5.97 Å². The average molecular weight is 270 g/mol. The Balaban J connectivity index is 2.58. The van der Waals surface area contributed by atoms with Gasteiger partial charge in [-0.25, -0.2) is 9.18 Å². The van der Waals surface area contributed by atoms with Gasteiger partial charge in [-0.1, -0.05) is 42.0 Å². The molecule has 0 aliphatic rings. The predicted octanol–water partition coefficient (Wildman–Crippen LogP) is 4.07. The highest BCUT2D eigenvalue weighted by atomic mass is 19.1. The number of carboxylic acid groups (broad SMARTS) is 1. The van der Waals surface area contributed by atoms with Gasteiger partial charge in [0.1, 0.15) is 5.82 Å². The van der Waals surface area contributed by atoms with Crippen LogP contribution >= 0.6 is 0 Å². The van der Waals surface area contributed by atoms with Crippen LogP contribution in [0, 0.1) is 19.7 Å². The summed E-state index contributed by atoms with van der Waals surface area (Å²) in [5, 5.41) is 9.38. The number of carbonyl (C=O) groups is 1. The third kappa shape index (κ3) is 2.94. The van der Waals surface area contributed by atoms with Crippen LogP contribution in [0.5, 0.6) is 0 Å². The number of halogens is 1. The first-order valence-corrected chi connectivity index (χ1v) is 6.26. The van der Waals surface area contributed by atoms with E-state index >= 15 is 0 Å². The van der Waals surface area contributed by atoms with Crippen molar-refractivity contribution in [3.05, 3.63) is 70.5 Å². The molecule has 0 spiro atoms. The normalized spacial score (nSPS) is 11.4. The molecule has 2 aromatic rings. The van der Waals surface area contributed by atoms with Crippen molar-refractivity contribution >= 4 is 17.6 Å². The molecule has 102 valence electrons. The summed E-state index contributed by atoms with van der Waals surface area (Å²) in [7, 11) is 0. The maximum absolute atomic E-state index is 13.7. The smallest absolute Gasteiger partial charge is 0.336 e. The maximum Gasteiger partial charge on any atom is 0.336 e. The molecule has 0 saturated carbocycles. The number of hydrogen-bond acceptors (Lipinski definition) is 1. The molecule has 0 bridgehead atoms. The summed E-state index contributed by atoms with van der Waals surface area (Å²) in [6.07, 6.45) is 1.37. The number of hydrogen-bond donors (Lipinski definition) is 1. The lowest BCUT2D eigenvalue weighted by atomic mass is 9.97. The van der Waals surface area contributed by atoms with E-state index < -0.39 is 11.8 Å². The van der Waals surface area contributed by atoms with Crippen LogP contribution < -0.4 is 0 Å². The van der Waals surface area contributed by atoms with E-state index in [0.29, 0.717) is 5.56 Å². The van der Waals surface area contributed by atoms with Gasteiger partial charge in [0.2, 0.25) is 0 Å². The Kier molecular flexibility index (Phi) is 3.99. The Morgan fingerprint density at radius 3 is 2.45 bits per heavy atom. The van der Waals surface area contributed by atoms with Crippen LogP contribution in [0.25, 0.3) is 11.6 Å². The van der Waals surface area contributed by atoms with E-state index in [9.17, 15) is 14.3 Å². The number of rotatable bonds is 3. The largest absolute Gasteiger partial charge is 0.478 e. The van der Waals surface area contributed by atoms with Gasteiger partial charge in [-0.05, 0) is 37.1 Å². The second kappa shape index (κ2) is 5.70. The Morgan fingerprint density at radius 2 is 1.85 bits per heavy atom. The molecule has 0 saturated heterocycles. The highest BCUT2D eigenvalue weighted by molar-refractivity contribution is 6.21. The van der Waals surface area contributed by atoms with E-state index in [1.165, 1.54) is 12.1 Å². The summed E-state index contributed by atoms with van der Waals surface area (Å²) < 4.78 is 13.7. The van der Waals surface area contributed by atoms with Gasteiger partial charge in [-0.15, -0.1) is 0 Å². The molecule has 0 atom stereocenters. The Morgan fingerprint density at radius 1 is 1.15 bits per heavy atom. The zero-order valence-corrected chi connectivity index (χ0v) is 11.4. The summed E-state index contributed by atoms with van der Waals surface area (Å²) in [5.74, 6) is -1.50. The predicted molar refractivity (Wildman–Crippen MR) is 77.8 cm³/mol. The maximum atomic E-state index is 13.7. The minimum Gasteiger partial charge on any atom is -0.478 e. The molecule has 3 heteroatoms. The molecule has 0 aliphatic heterocycles. The van der Waals surface area contributed by atoms with E-state index in [1.807, 2.05) is 26.0 Å². The highest BCUT2D eigenvalue weighted by Crippen LogP contribution is 2.24. The van der Waals surface area contributed by atoms with Crippen molar-refractivity contribution in [3.8, 4) is 0 Å². The first-order valence-electron chi connectivity index (χ1n) is 6.26. The third-order valence-electron chi connectivity index (χ3n) is 3.11. The third-order valence-corrected chi connectivity index (χ3v) is 3.11. The van der Waals surface area contributed by atoms with Crippen molar-refractivity contribution in [3.63, 3.8) is 0 Å². The molecule has 0 unspecified atom stereocenters. The van der Waals surface area contributed by atoms with Gasteiger partial charge in [0, 0.05) is 5.56 Å². The van der Waals surface area contributed by atoms with E-state index in [1.54, 1.807) is 24.3 Å². The lowest BCUT2D eigenvalue weighted by molar-refractivity contribution is -0.130. The highest BCUT2D eigenvalue weighted by Gasteiger charge is 2.14. The number of aliphatic carboxylic acids is 1. The van der Waals surface area contributed by atoms with Gasteiger partial charge in [-0.3, -0.25) is 0 Å². The first-order chi connectivity index (χ1) is 9.49. The standard InChI is InChI=1S/C17H15FO2/c1-11-7-8-14(12(2)9-11)15(17(19)20)10-13-5-3-4-6-16(13)18/h3-10H,1-2H3,(H,19,20)/b15-10-. The van der Waals surface area contributed by atoms with Crippen LogP contribution in [0.3, 0.4) is 0 Å². The second-order valence-electron chi connectivity index (χ2n) is 4.70. The van der Waals surface area contributed by atoms with Crippen LogP contribution in [0.4, 0.5) is 4.39 Å². The lowest BCUT2D eigenvalue weighted by Gasteiger charge is -2.08. The number of carboxylic acids is 1. The van der Waals surface area contributed by atoms with Crippen molar-refractivity contribution < 1.29 is 14.3 Å². The number of aryl methyl sites for hydroxylation is 2. The Hall–Kier alpha value is -2.42. The fourth-order valence-electron chi connectivity index (χ4n) is 2.12. The molecule has 2 aromatic carbocycles. The molecule has 20 heavy (non-hydrogen) atoms. The molecule has 0 fully saturated rings. The van der Waals surface area contributed by atoms with E-state index in [0.717, 1.165) is 11.1 Å². The molecule has 0 radical (unpaired) electrons.